The van der Waals surface area contributed by atoms with Gasteiger partial charge in [0.15, 0.2) is 0 Å². The van der Waals surface area contributed by atoms with E-state index >= 15 is 0 Å². The number of aryl methyl sites for hydroxylation is 1. The van der Waals surface area contributed by atoms with Crippen LogP contribution in [0.5, 0.6) is 0 Å². The highest BCUT2D eigenvalue weighted by Crippen LogP contribution is 2.04. The summed E-state index contributed by atoms with van der Waals surface area (Å²) in [6, 6.07) is 7.76. The van der Waals surface area contributed by atoms with Crippen molar-refractivity contribution >= 4 is 11.7 Å². The third kappa shape index (κ3) is 3.81. The Hall–Kier alpha value is -1.84. The number of carboxylic acids is 1. The monoisotopic (exact) mass is 207 g/mol. The highest BCUT2D eigenvalue weighted by molar-refractivity contribution is 5.98. The molecule has 80 valence electrons. The number of oxime groups is 1. The van der Waals surface area contributed by atoms with Crippen LogP contribution in [0, 0.1) is 6.92 Å². The van der Waals surface area contributed by atoms with Gasteiger partial charge >= 0.3 is 5.97 Å². The molecule has 1 aromatic rings. The fraction of sp³-hybridized carbons (Fsp3) is 0.273. The highest BCUT2D eigenvalue weighted by atomic mass is 16.6. The molecule has 1 N–H and O–H groups in total. The van der Waals surface area contributed by atoms with E-state index in [1.165, 1.54) is 0 Å². The van der Waals surface area contributed by atoms with Crippen LogP contribution < -0.4 is 0 Å². The number of nitrogens with zero attached hydrogens (tertiary/aromatic N) is 1. The van der Waals surface area contributed by atoms with Crippen molar-refractivity contribution in [2.75, 3.05) is 6.61 Å². The molecular weight excluding hydrogens is 194 g/mol. The summed E-state index contributed by atoms with van der Waals surface area (Å²) >= 11 is 0. The fourth-order valence-corrected chi connectivity index (χ4v) is 1.03. The zero-order valence-corrected chi connectivity index (χ0v) is 8.73. The van der Waals surface area contributed by atoms with Gasteiger partial charge in [0.1, 0.15) is 0 Å². The number of carbonyl (C=O) groups is 1. The maximum Gasteiger partial charge on any atom is 0.344 e. The lowest BCUT2D eigenvalue weighted by Gasteiger charge is -2.01. The molecule has 0 aromatic heterocycles. The number of aliphatic carboxylic acids is 1. The molecule has 0 aliphatic heterocycles. The van der Waals surface area contributed by atoms with Crippen LogP contribution in [0.25, 0.3) is 0 Å². The molecule has 0 spiro atoms. The molecule has 0 aliphatic rings. The van der Waals surface area contributed by atoms with Crippen LogP contribution in [0.4, 0.5) is 0 Å². The van der Waals surface area contributed by atoms with E-state index in [1.54, 1.807) is 6.92 Å². The normalized spacial score (nSPS) is 11.2. The Kier molecular flexibility index (Phi) is 3.85. The number of hydrogen-bond acceptors (Lipinski definition) is 3. The Labute approximate surface area is 88.2 Å². The largest absolute Gasteiger partial charge is 0.479 e. The van der Waals surface area contributed by atoms with Gasteiger partial charge in [-0.25, -0.2) is 4.79 Å². The van der Waals surface area contributed by atoms with Crippen molar-refractivity contribution < 1.29 is 14.7 Å². The summed E-state index contributed by atoms with van der Waals surface area (Å²) in [4.78, 5) is 14.8. The number of carboxylic acid groups (broad SMARTS) is 1. The zero-order valence-electron chi connectivity index (χ0n) is 8.73. The smallest absolute Gasteiger partial charge is 0.344 e. The van der Waals surface area contributed by atoms with Gasteiger partial charge in [-0.05, 0) is 19.4 Å². The molecule has 15 heavy (non-hydrogen) atoms. The molecule has 0 saturated heterocycles. The van der Waals surface area contributed by atoms with Crippen LogP contribution >= 0.6 is 0 Å². The first kappa shape index (κ1) is 11.2. The molecule has 0 amide bonds. The van der Waals surface area contributed by atoms with Crippen LogP contribution in [0.15, 0.2) is 29.4 Å². The Morgan fingerprint density at radius 3 is 2.53 bits per heavy atom. The average molecular weight is 207 g/mol. The lowest BCUT2D eigenvalue weighted by atomic mass is 10.1. The lowest BCUT2D eigenvalue weighted by molar-refractivity contribution is -0.142. The second-order valence-electron chi connectivity index (χ2n) is 3.21. The molecular formula is C11H13NO3. The molecule has 0 fully saturated rings. The van der Waals surface area contributed by atoms with Crippen molar-refractivity contribution in [2.24, 2.45) is 5.16 Å². The molecule has 0 heterocycles. The number of hydrogen-bond donors (Lipinski definition) is 1. The van der Waals surface area contributed by atoms with Crippen molar-refractivity contribution in [3.8, 4) is 0 Å². The van der Waals surface area contributed by atoms with Crippen LogP contribution in [-0.2, 0) is 9.63 Å². The molecule has 0 aliphatic carbocycles. The summed E-state index contributed by atoms with van der Waals surface area (Å²) in [6.45, 7) is 3.35. The second kappa shape index (κ2) is 5.14. The topological polar surface area (TPSA) is 58.9 Å². The maximum absolute atomic E-state index is 10.2. The highest BCUT2D eigenvalue weighted by Gasteiger charge is 1.99. The van der Waals surface area contributed by atoms with E-state index in [-0.39, 0.29) is 0 Å². The third-order valence-electron chi connectivity index (χ3n) is 1.86. The first-order valence-electron chi connectivity index (χ1n) is 4.55. The number of rotatable bonds is 4. The van der Waals surface area contributed by atoms with Gasteiger partial charge in [0, 0.05) is 0 Å². The van der Waals surface area contributed by atoms with Crippen LogP contribution in [-0.4, -0.2) is 23.4 Å². The molecule has 0 atom stereocenters. The van der Waals surface area contributed by atoms with Crippen molar-refractivity contribution in [1.82, 2.24) is 0 Å². The van der Waals surface area contributed by atoms with Crippen LogP contribution in [0.3, 0.4) is 0 Å². The predicted molar refractivity (Wildman–Crippen MR) is 57.0 cm³/mol. The van der Waals surface area contributed by atoms with Crippen molar-refractivity contribution in [2.45, 2.75) is 13.8 Å². The van der Waals surface area contributed by atoms with Gasteiger partial charge in [-0.15, -0.1) is 0 Å². The summed E-state index contributed by atoms with van der Waals surface area (Å²) in [7, 11) is 0. The van der Waals surface area contributed by atoms with Gasteiger partial charge in [-0.1, -0.05) is 35.0 Å². The predicted octanol–water partition coefficient (Wildman–Crippen LogP) is 1.82. The van der Waals surface area contributed by atoms with E-state index in [0.29, 0.717) is 5.71 Å². The minimum Gasteiger partial charge on any atom is -0.479 e. The summed E-state index contributed by atoms with van der Waals surface area (Å²) in [5.41, 5.74) is 2.75. The van der Waals surface area contributed by atoms with E-state index in [4.69, 9.17) is 5.11 Å². The Balaban J connectivity index is 2.63. The summed E-state index contributed by atoms with van der Waals surface area (Å²) in [5.74, 6) is -1.03. The molecule has 0 unspecified atom stereocenters. The van der Waals surface area contributed by atoms with Gasteiger partial charge in [0.25, 0.3) is 0 Å². The summed E-state index contributed by atoms with van der Waals surface area (Å²) in [5, 5.41) is 12.0. The lowest BCUT2D eigenvalue weighted by Crippen LogP contribution is -2.05. The number of benzene rings is 1. The van der Waals surface area contributed by atoms with Gasteiger partial charge in [-0.3, -0.25) is 0 Å². The van der Waals surface area contributed by atoms with Gasteiger partial charge in [0.2, 0.25) is 6.61 Å². The molecule has 1 aromatic carbocycles. The van der Waals surface area contributed by atoms with Crippen molar-refractivity contribution in [1.29, 1.82) is 0 Å². The molecule has 0 saturated carbocycles. The minimum absolute atomic E-state index is 0.413. The first-order valence-corrected chi connectivity index (χ1v) is 4.55. The molecule has 0 bridgehead atoms. The SMILES string of the molecule is C/C(=N/OCC(=O)O)c1ccc(C)cc1. The minimum atomic E-state index is -1.03. The van der Waals surface area contributed by atoms with E-state index in [1.807, 2.05) is 31.2 Å². The van der Waals surface area contributed by atoms with E-state index in [0.717, 1.165) is 11.1 Å². The van der Waals surface area contributed by atoms with Gasteiger partial charge in [0.05, 0.1) is 5.71 Å². The maximum atomic E-state index is 10.2. The third-order valence-corrected chi connectivity index (χ3v) is 1.86. The van der Waals surface area contributed by atoms with Crippen LogP contribution in [0.2, 0.25) is 0 Å². The first-order chi connectivity index (χ1) is 7.09. The van der Waals surface area contributed by atoms with Crippen LogP contribution in [0.1, 0.15) is 18.1 Å². The van der Waals surface area contributed by atoms with E-state index in [9.17, 15) is 4.79 Å². The molecule has 0 radical (unpaired) electrons. The van der Waals surface area contributed by atoms with Gasteiger partial charge in [-0.2, -0.15) is 0 Å². The Bertz CT molecular complexity index is 368. The van der Waals surface area contributed by atoms with Crippen molar-refractivity contribution in [3.05, 3.63) is 35.4 Å². The average Bonchev–Trinajstić information content (AvgIpc) is 2.18. The standard InChI is InChI=1S/C11H13NO3/c1-8-3-5-10(6-4-8)9(2)12-15-7-11(13)14/h3-6H,7H2,1-2H3,(H,13,14)/b12-9-. The fourth-order valence-electron chi connectivity index (χ4n) is 1.03. The summed E-state index contributed by atoms with van der Waals surface area (Å²) < 4.78 is 0. The van der Waals surface area contributed by atoms with Gasteiger partial charge < -0.3 is 9.94 Å². The molecule has 4 heteroatoms. The van der Waals surface area contributed by atoms with E-state index in [2.05, 4.69) is 9.99 Å². The molecule has 1 rings (SSSR count). The second-order valence-corrected chi connectivity index (χ2v) is 3.21. The Morgan fingerprint density at radius 2 is 2.00 bits per heavy atom. The van der Waals surface area contributed by atoms with Crippen molar-refractivity contribution in [3.63, 3.8) is 0 Å². The summed E-state index contributed by atoms with van der Waals surface area (Å²) in [6.07, 6.45) is 0. The van der Waals surface area contributed by atoms with E-state index < -0.39 is 12.6 Å². The quantitative estimate of drug-likeness (QED) is 0.605. The zero-order chi connectivity index (χ0) is 11.3. The Morgan fingerprint density at radius 1 is 1.40 bits per heavy atom. The molecule has 4 nitrogen and oxygen atoms in total.